The predicted molar refractivity (Wildman–Crippen MR) is 103 cm³/mol. The monoisotopic (exact) mass is 374 g/mol. The van der Waals surface area contributed by atoms with Crippen LogP contribution in [-0.2, 0) is 11.8 Å². The van der Waals surface area contributed by atoms with Gasteiger partial charge in [-0.2, -0.15) is 0 Å². The van der Waals surface area contributed by atoms with Crippen molar-refractivity contribution in [3.8, 4) is 17.2 Å². The maximum atomic E-state index is 12.0. The smallest absolute Gasteiger partial charge is 0.244 e. The Kier molecular flexibility index (Phi) is 7.31. The number of carbonyl (C=O) groups is 1. The number of nitrogens with zero attached hydrogens (tertiary/aromatic N) is 1. The number of carbonyl (C=O) groups excluding carboxylic acids is 1. The summed E-state index contributed by atoms with van der Waals surface area (Å²) in [7, 11) is 6.48. The van der Waals surface area contributed by atoms with Gasteiger partial charge in [-0.1, -0.05) is 0 Å². The second kappa shape index (κ2) is 9.68. The molecule has 0 radical (unpaired) electrons. The van der Waals surface area contributed by atoms with E-state index in [1.54, 1.807) is 18.2 Å². The summed E-state index contributed by atoms with van der Waals surface area (Å²) in [5.74, 6) is 1.28. The van der Waals surface area contributed by atoms with Gasteiger partial charge in [0.05, 0.1) is 27.4 Å². The molecular formula is C20H26N2O5. The molecule has 1 heterocycles. The number of aromatic nitrogens is 1. The standard InChI is InChI=1S/C20H26N2O5/c1-22-11-5-6-15(22)16(23)9-10-21-19(24)8-7-14-12-17(25-2)20(27-4)18(13-14)26-3/h5-8,11-13,16,23H,9-10H2,1-4H3,(H,21,24)/b8-7+. The van der Waals surface area contributed by atoms with E-state index < -0.39 is 6.10 Å². The molecule has 0 saturated heterocycles. The molecule has 1 amide bonds. The molecule has 1 atom stereocenters. The Morgan fingerprint density at radius 1 is 1.22 bits per heavy atom. The van der Waals surface area contributed by atoms with Crippen LogP contribution in [-0.4, -0.2) is 43.5 Å². The first kappa shape index (κ1) is 20.4. The lowest BCUT2D eigenvalue weighted by Crippen LogP contribution is -2.23. The highest BCUT2D eigenvalue weighted by Gasteiger charge is 2.13. The minimum absolute atomic E-state index is 0.247. The lowest BCUT2D eigenvalue weighted by atomic mass is 10.1. The van der Waals surface area contributed by atoms with E-state index in [4.69, 9.17) is 14.2 Å². The Hall–Kier alpha value is -2.93. The van der Waals surface area contributed by atoms with E-state index in [-0.39, 0.29) is 5.91 Å². The van der Waals surface area contributed by atoms with E-state index in [1.807, 2.05) is 29.9 Å². The molecular weight excluding hydrogens is 348 g/mol. The van der Waals surface area contributed by atoms with Crippen LogP contribution >= 0.6 is 0 Å². The summed E-state index contributed by atoms with van der Waals surface area (Å²) >= 11 is 0. The zero-order valence-electron chi connectivity index (χ0n) is 16.1. The first-order chi connectivity index (χ1) is 13.0. The Morgan fingerprint density at radius 2 is 1.89 bits per heavy atom. The normalized spacial score (nSPS) is 12.0. The van der Waals surface area contributed by atoms with Crippen LogP contribution in [0.3, 0.4) is 0 Å². The molecule has 1 aromatic carbocycles. The zero-order chi connectivity index (χ0) is 19.8. The average molecular weight is 374 g/mol. The minimum Gasteiger partial charge on any atom is -0.493 e. The number of aliphatic hydroxyl groups excluding tert-OH is 1. The Balaban J connectivity index is 1.93. The quantitative estimate of drug-likeness (QED) is 0.658. The van der Waals surface area contributed by atoms with E-state index >= 15 is 0 Å². The fraction of sp³-hybridized carbons (Fsp3) is 0.350. The van der Waals surface area contributed by atoms with Gasteiger partial charge in [0.1, 0.15) is 0 Å². The highest BCUT2D eigenvalue weighted by molar-refractivity contribution is 5.91. The van der Waals surface area contributed by atoms with Gasteiger partial charge in [-0.15, -0.1) is 0 Å². The molecule has 0 fully saturated rings. The van der Waals surface area contributed by atoms with Crippen LogP contribution in [0.1, 0.15) is 23.8 Å². The third-order valence-electron chi connectivity index (χ3n) is 4.16. The molecule has 0 bridgehead atoms. The molecule has 7 nitrogen and oxygen atoms in total. The second-order valence-electron chi connectivity index (χ2n) is 5.93. The number of hydrogen-bond acceptors (Lipinski definition) is 5. The summed E-state index contributed by atoms with van der Waals surface area (Å²) in [5.41, 5.74) is 1.56. The van der Waals surface area contributed by atoms with Crippen LogP contribution in [0.2, 0.25) is 0 Å². The fourth-order valence-corrected chi connectivity index (χ4v) is 2.73. The molecule has 0 saturated carbocycles. The Morgan fingerprint density at radius 3 is 2.41 bits per heavy atom. The van der Waals surface area contributed by atoms with Crippen LogP contribution in [0.25, 0.3) is 6.08 Å². The summed E-state index contributed by atoms with van der Waals surface area (Å²) in [6, 6.07) is 7.24. The maximum Gasteiger partial charge on any atom is 0.244 e. The number of rotatable bonds is 9. The van der Waals surface area contributed by atoms with Gasteiger partial charge >= 0.3 is 0 Å². The van der Waals surface area contributed by atoms with E-state index in [1.165, 1.54) is 27.4 Å². The second-order valence-corrected chi connectivity index (χ2v) is 5.93. The van der Waals surface area contributed by atoms with Crippen molar-refractivity contribution in [1.82, 2.24) is 9.88 Å². The van der Waals surface area contributed by atoms with Crippen LogP contribution in [0.5, 0.6) is 17.2 Å². The van der Waals surface area contributed by atoms with Crippen LogP contribution in [0, 0.1) is 0 Å². The van der Waals surface area contributed by atoms with Crippen molar-refractivity contribution in [3.63, 3.8) is 0 Å². The zero-order valence-corrected chi connectivity index (χ0v) is 16.1. The number of methoxy groups -OCH3 is 3. The average Bonchev–Trinajstić information content (AvgIpc) is 3.11. The summed E-state index contributed by atoms with van der Waals surface area (Å²) in [4.78, 5) is 12.0. The molecule has 1 unspecified atom stereocenters. The molecule has 7 heteroatoms. The molecule has 2 aromatic rings. The van der Waals surface area contributed by atoms with Crippen LogP contribution in [0.4, 0.5) is 0 Å². The summed E-state index contributed by atoms with van der Waals surface area (Å²) in [6.45, 7) is 0.366. The van der Waals surface area contributed by atoms with Crippen molar-refractivity contribution in [2.45, 2.75) is 12.5 Å². The molecule has 0 aliphatic heterocycles. The highest BCUT2D eigenvalue weighted by atomic mass is 16.5. The first-order valence-corrected chi connectivity index (χ1v) is 8.55. The van der Waals surface area contributed by atoms with Crippen LogP contribution in [0.15, 0.2) is 36.5 Å². The van der Waals surface area contributed by atoms with E-state index in [2.05, 4.69) is 5.32 Å². The maximum absolute atomic E-state index is 12.0. The molecule has 0 aliphatic rings. The van der Waals surface area contributed by atoms with Crippen molar-refractivity contribution >= 4 is 12.0 Å². The summed E-state index contributed by atoms with van der Waals surface area (Å²) in [5, 5.41) is 12.9. The van der Waals surface area contributed by atoms with Gasteiger partial charge in [0.15, 0.2) is 11.5 Å². The summed E-state index contributed by atoms with van der Waals surface area (Å²) < 4.78 is 17.7. The molecule has 146 valence electrons. The van der Waals surface area contributed by atoms with E-state index in [9.17, 15) is 9.90 Å². The predicted octanol–water partition coefficient (Wildman–Crippen LogP) is 2.30. The lowest BCUT2D eigenvalue weighted by molar-refractivity contribution is -0.116. The fourth-order valence-electron chi connectivity index (χ4n) is 2.73. The molecule has 0 aliphatic carbocycles. The van der Waals surface area contributed by atoms with Gasteiger partial charge in [0.25, 0.3) is 0 Å². The Bertz CT molecular complexity index is 772. The van der Waals surface area contributed by atoms with Gasteiger partial charge in [0.2, 0.25) is 11.7 Å². The largest absolute Gasteiger partial charge is 0.493 e. The lowest BCUT2D eigenvalue weighted by Gasteiger charge is -2.13. The molecule has 2 N–H and O–H groups in total. The van der Waals surface area contributed by atoms with Gasteiger partial charge in [0, 0.05) is 31.6 Å². The number of aliphatic hydroxyl groups is 1. The van der Waals surface area contributed by atoms with Crippen LogP contribution < -0.4 is 19.5 Å². The molecule has 2 rings (SSSR count). The van der Waals surface area contributed by atoms with Gasteiger partial charge < -0.3 is 29.2 Å². The van der Waals surface area contributed by atoms with Crippen molar-refractivity contribution < 1.29 is 24.1 Å². The number of amides is 1. The van der Waals surface area contributed by atoms with Crippen molar-refractivity contribution in [3.05, 3.63) is 47.8 Å². The topological polar surface area (TPSA) is 82.0 Å². The first-order valence-electron chi connectivity index (χ1n) is 8.55. The van der Waals surface area contributed by atoms with Crippen molar-refractivity contribution in [2.24, 2.45) is 7.05 Å². The SMILES string of the molecule is COc1cc(/C=C/C(=O)NCCC(O)c2cccn2C)cc(OC)c1OC. The number of hydrogen-bond donors (Lipinski definition) is 2. The highest BCUT2D eigenvalue weighted by Crippen LogP contribution is 2.38. The molecule has 0 spiro atoms. The van der Waals surface area contributed by atoms with Gasteiger partial charge in [-0.25, -0.2) is 0 Å². The third kappa shape index (κ3) is 5.27. The van der Waals surface area contributed by atoms with Gasteiger partial charge in [-0.3, -0.25) is 4.79 Å². The van der Waals surface area contributed by atoms with Crippen molar-refractivity contribution in [2.75, 3.05) is 27.9 Å². The number of aryl methyl sites for hydroxylation is 1. The van der Waals surface area contributed by atoms with Gasteiger partial charge in [-0.05, 0) is 42.3 Å². The summed E-state index contributed by atoms with van der Waals surface area (Å²) in [6.07, 6.45) is 4.77. The van der Waals surface area contributed by atoms with E-state index in [0.29, 0.717) is 30.2 Å². The van der Waals surface area contributed by atoms with Crippen molar-refractivity contribution in [1.29, 1.82) is 0 Å². The number of ether oxygens (including phenoxy) is 3. The Labute approximate surface area is 159 Å². The third-order valence-corrected chi connectivity index (χ3v) is 4.16. The number of benzene rings is 1. The minimum atomic E-state index is -0.621. The number of nitrogens with one attached hydrogen (secondary N) is 1. The molecule has 1 aromatic heterocycles. The van der Waals surface area contributed by atoms with E-state index in [0.717, 1.165) is 11.3 Å². The molecule has 27 heavy (non-hydrogen) atoms.